The van der Waals surface area contributed by atoms with E-state index in [9.17, 15) is 4.79 Å². The van der Waals surface area contributed by atoms with Crippen molar-refractivity contribution < 1.29 is 4.79 Å². The molecule has 1 heterocycles. The highest BCUT2D eigenvalue weighted by molar-refractivity contribution is 7.99. The van der Waals surface area contributed by atoms with Gasteiger partial charge in [-0.25, -0.2) is 0 Å². The number of anilines is 2. The largest absolute Gasteiger partial charge is 0.368 e. The molecule has 3 rings (SSSR count). The van der Waals surface area contributed by atoms with E-state index in [1.54, 1.807) is 22.4 Å². The Morgan fingerprint density at radius 1 is 1.24 bits per heavy atom. The normalized spacial score (nSPS) is 12.0. The summed E-state index contributed by atoms with van der Waals surface area (Å²) in [6.45, 7) is 3.85. The molecule has 0 spiro atoms. The Morgan fingerprint density at radius 2 is 2.00 bits per heavy atom. The van der Waals surface area contributed by atoms with Crippen LogP contribution in [-0.2, 0) is 11.2 Å². The molecule has 0 bridgehead atoms. The van der Waals surface area contributed by atoms with Crippen molar-refractivity contribution in [1.29, 1.82) is 0 Å². The molecule has 0 aliphatic carbocycles. The lowest BCUT2D eigenvalue weighted by Gasteiger charge is -2.19. The number of carbonyl (C=O) groups excluding carboxylic acids is 1. The number of benzene rings is 2. The summed E-state index contributed by atoms with van der Waals surface area (Å²) >= 11 is 7.71. The van der Waals surface area contributed by atoms with Gasteiger partial charge in [0.05, 0.1) is 0 Å². The minimum absolute atomic E-state index is 0.177. The molecule has 8 heteroatoms. The van der Waals surface area contributed by atoms with E-state index in [4.69, 9.17) is 17.3 Å². The van der Waals surface area contributed by atoms with E-state index in [1.165, 1.54) is 5.56 Å². The average Bonchev–Trinajstić information content (AvgIpc) is 3.07. The number of nitrogens with one attached hydrogen (secondary N) is 1. The second-order valence-electron chi connectivity index (χ2n) is 6.67. The van der Waals surface area contributed by atoms with Gasteiger partial charge in [-0.05, 0) is 43.0 Å². The van der Waals surface area contributed by atoms with Crippen LogP contribution in [0.1, 0.15) is 30.5 Å². The number of nitrogen functional groups attached to an aromatic ring is 1. The van der Waals surface area contributed by atoms with Crippen LogP contribution in [0.25, 0.3) is 0 Å². The van der Waals surface area contributed by atoms with E-state index < -0.39 is 6.04 Å². The molecule has 1 aromatic heterocycles. The Hall–Kier alpha value is -2.51. The van der Waals surface area contributed by atoms with E-state index >= 15 is 0 Å². The van der Waals surface area contributed by atoms with Gasteiger partial charge >= 0.3 is 0 Å². The molecule has 0 saturated carbocycles. The zero-order valence-electron chi connectivity index (χ0n) is 16.4. The Labute approximate surface area is 179 Å². The average molecular weight is 430 g/mol. The lowest BCUT2D eigenvalue weighted by atomic mass is 10.2. The molecule has 0 radical (unpaired) electrons. The quantitative estimate of drug-likeness (QED) is 0.505. The third kappa shape index (κ3) is 5.31. The zero-order chi connectivity index (χ0) is 20.8. The molecule has 1 unspecified atom stereocenters. The molecule has 3 N–H and O–H groups in total. The third-order valence-corrected chi connectivity index (χ3v) is 5.95. The number of hydrogen-bond donors (Lipinski definition) is 2. The number of thioether (sulfide) groups is 1. The number of amides is 1. The lowest BCUT2D eigenvalue weighted by molar-refractivity contribution is -0.119. The summed E-state index contributed by atoms with van der Waals surface area (Å²) in [7, 11) is 0. The number of rotatable bonds is 8. The fraction of sp³-hybridized carbons (Fsp3) is 0.286. The zero-order valence-corrected chi connectivity index (χ0v) is 18.0. The van der Waals surface area contributed by atoms with Crippen molar-refractivity contribution in [3.63, 3.8) is 0 Å². The van der Waals surface area contributed by atoms with E-state index in [0.29, 0.717) is 22.3 Å². The molecule has 152 valence electrons. The van der Waals surface area contributed by atoms with Crippen molar-refractivity contribution in [2.45, 2.75) is 37.9 Å². The highest BCUT2D eigenvalue weighted by atomic mass is 35.5. The van der Waals surface area contributed by atoms with Crippen LogP contribution < -0.4 is 11.1 Å². The van der Waals surface area contributed by atoms with Crippen molar-refractivity contribution in [1.82, 2.24) is 14.8 Å². The Morgan fingerprint density at radius 3 is 2.69 bits per heavy atom. The van der Waals surface area contributed by atoms with Crippen molar-refractivity contribution in [2.75, 3.05) is 16.8 Å². The van der Waals surface area contributed by atoms with E-state index in [0.717, 1.165) is 17.7 Å². The molecule has 2 aromatic carbocycles. The fourth-order valence-corrected chi connectivity index (χ4v) is 4.13. The summed E-state index contributed by atoms with van der Waals surface area (Å²) in [6.07, 6.45) is 1.45. The van der Waals surface area contributed by atoms with Crippen LogP contribution in [0.5, 0.6) is 0 Å². The predicted octanol–water partition coefficient (Wildman–Crippen LogP) is 4.75. The summed E-state index contributed by atoms with van der Waals surface area (Å²) in [5.74, 6) is 0.869. The van der Waals surface area contributed by atoms with Crippen molar-refractivity contribution in [3.05, 3.63) is 64.7 Å². The van der Waals surface area contributed by atoms with Crippen LogP contribution >= 0.6 is 23.4 Å². The van der Waals surface area contributed by atoms with Crippen LogP contribution in [0.4, 0.5) is 11.6 Å². The third-order valence-electron chi connectivity index (χ3n) is 4.60. The minimum Gasteiger partial charge on any atom is -0.368 e. The molecule has 0 fully saturated rings. The molecule has 0 saturated heterocycles. The van der Waals surface area contributed by atoms with Crippen molar-refractivity contribution in [2.24, 2.45) is 0 Å². The van der Waals surface area contributed by atoms with Gasteiger partial charge in [0, 0.05) is 16.5 Å². The first-order chi connectivity index (χ1) is 14.0. The second-order valence-corrected chi connectivity index (χ2v) is 8.14. The number of nitrogens with two attached hydrogens (primary N) is 1. The monoisotopic (exact) mass is 429 g/mol. The molecule has 0 aliphatic rings. The van der Waals surface area contributed by atoms with Gasteiger partial charge in [0.2, 0.25) is 11.9 Å². The summed E-state index contributed by atoms with van der Waals surface area (Å²) in [4.78, 5) is 12.9. The molecule has 3 aromatic rings. The predicted molar refractivity (Wildman–Crippen MR) is 119 cm³/mol. The topological polar surface area (TPSA) is 85.8 Å². The van der Waals surface area contributed by atoms with Crippen LogP contribution in [-0.4, -0.2) is 26.4 Å². The van der Waals surface area contributed by atoms with E-state index in [1.807, 2.05) is 44.2 Å². The van der Waals surface area contributed by atoms with Gasteiger partial charge in [0.1, 0.15) is 6.04 Å². The minimum atomic E-state index is -0.510. The Bertz CT molecular complexity index is 976. The van der Waals surface area contributed by atoms with Gasteiger partial charge < -0.3 is 11.1 Å². The SMILES string of the molecule is CCC(C(=O)Nc1ccc(C)c(Cl)c1)n1c(N)nnc1SCCc1ccccc1. The van der Waals surface area contributed by atoms with Crippen molar-refractivity contribution >= 4 is 40.9 Å². The van der Waals surface area contributed by atoms with Crippen LogP contribution in [0.2, 0.25) is 5.02 Å². The maximum Gasteiger partial charge on any atom is 0.247 e. The van der Waals surface area contributed by atoms with Gasteiger partial charge in [0.15, 0.2) is 5.16 Å². The number of hydrogen-bond acceptors (Lipinski definition) is 5. The summed E-state index contributed by atoms with van der Waals surface area (Å²) in [5.41, 5.74) is 8.90. The summed E-state index contributed by atoms with van der Waals surface area (Å²) < 4.78 is 1.71. The standard InChI is InChI=1S/C21H24ClN5OS/c1-3-18(19(28)24-16-10-9-14(2)17(22)13-16)27-20(23)25-26-21(27)29-12-11-15-7-5-4-6-8-15/h4-10,13,18H,3,11-12H2,1-2H3,(H2,23,25)(H,24,28). The Balaban J connectivity index is 1.72. The first-order valence-electron chi connectivity index (χ1n) is 9.43. The number of nitrogens with zero attached hydrogens (tertiary/aromatic N) is 3. The van der Waals surface area contributed by atoms with E-state index in [-0.39, 0.29) is 11.9 Å². The first kappa shape index (κ1) is 21.2. The van der Waals surface area contributed by atoms with Gasteiger partial charge in [-0.1, -0.05) is 66.7 Å². The molecular weight excluding hydrogens is 406 g/mol. The molecule has 1 amide bonds. The maximum atomic E-state index is 12.9. The summed E-state index contributed by atoms with van der Waals surface area (Å²) in [5, 5.41) is 12.3. The molecule has 6 nitrogen and oxygen atoms in total. The number of aromatic nitrogens is 3. The number of aryl methyl sites for hydroxylation is 2. The first-order valence-corrected chi connectivity index (χ1v) is 10.8. The Kier molecular flexibility index (Phi) is 7.17. The van der Waals surface area contributed by atoms with Gasteiger partial charge in [0.25, 0.3) is 0 Å². The second kappa shape index (κ2) is 9.80. The molecule has 29 heavy (non-hydrogen) atoms. The maximum absolute atomic E-state index is 12.9. The number of carbonyl (C=O) groups is 1. The highest BCUT2D eigenvalue weighted by Gasteiger charge is 2.25. The van der Waals surface area contributed by atoms with Crippen molar-refractivity contribution in [3.8, 4) is 0 Å². The summed E-state index contributed by atoms with van der Waals surface area (Å²) in [6, 6.07) is 15.2. The molecular formula is C21H24ClN5OS. The molecule has 0 aliphatic heterocycles. The molecule has 1 atom stereocenters. The smallest absolute Gasteiger partial charge is 0.247 e. The fourth-order valence-electron chi connectivity index (χ4n) is 2.97. The van der Waals surface area contributed by atoms with Gasteiger partial charge in [-0.2, -0.15) is 0 Å². The van der Waals surface area contributed by atoms with Gasteiger partial charge in [-0.15, -0.1) is 10.2 Å². The van der Waals surface area contributed by atoms with Gasteiger partial charge in [-0.3, -0.25) is 9.36 Å². The van der Waals surface area contributed by atoms with Crippen LogP contribution in [0.15, 0.2) is 53.7 Å². The lowest BCUT2D eigenvalue weighted by Crippen LogP contribution is -2.27. The van der Waals surface area contributed by atoms with Crippen LogP contribution in [0, 0.1) is 6.92 Å². The van der Waals surface area contributed by atoms with Crippen LogP contribution in [0.3, 0.4) is 0 Å². The highest BCUT2D eigenvalue weighted by Crippen LogP contribution is 2.27. The number of halogens is 1. The van der Waals surface area contributed by atoms with E-state index in [2.05, 4.69) is 27.6 Å².